The molecule has 1 saturated heterocycles. The Balaban J connectivity index is 2.22. The van der Waals surface area contributed by atoms with Crippen LogP contribution in [0, 0.1) is 22.7 Å². The molecule has 45 heavy (non-hydrogen) atoms. The van der Waals surface area contributed by atoms with Crippen LogP contribution in [0.4, 0.5) is 4.79 Å². The molecule has 0 radical (unpaired) electrons. The van der Waals surface area contributed by atoms with Gasteiger partial charge in [-0.3, -0.25) is 19.2 Å². The van der Waals surface area contributed by atoms with Crippen LogP contribution < -0.4 is 26.4 Å². The summed E-state index contributed by atoms with van der Waals surface area (Å²) in [6.45, 7) is 14.2. The second kappa shape index (κ2) is 15.2. The van der Waals surface area contributed by atoms with Gasteiger partial charge in [0.25, 0.3) is 5.91 Å². The Labute approximate surface area is 265 Å². The van der Waals surface area contributed by atoms with Gasteiger partial charge < -0.3 is 36.1 Å². The highest BCUT2D eigenvalue weighted by Gasteiger charge is 2.47. The van der Waals surface area contributed by atoms with Gasteiger partial charge in [0.05, 0.1) is 13.7 Å². The molecule has 0 unspecified atom stereocenters. The lowest BCUT2D eigenvalue weighted by Gasteiger charge is -2.37. The lowest BCUT2D eigenvalue weighted by molar-refractivity contribution is -0.150. The molecule has 250 valence electrons. The fourth-order valence-electron chi connectivity index (χ4n) is 5.16. The summed E-state index contributed by atoms with van der Waals surface area (Å²) in [5.74, 6) is -3.39. The smallest absolute Gasteiger partial charge is 0.329 e. The van der Waals surface area contributed by atoms with Gasteiger partial charge in [0.15, 0.2) is 0 Å². The number of amides is 5. The number of nitrogens with one attached hydrogen (secondary N) is 3. The summed E-state index contributed by atoms with van der Waals surface area (Å²) in [5, 5.41) is 7.86. The van der Waals surface area contributed by atoms with Crippen LogP contribution in [0.15, 0.2) is 24.3 Å². The van der Waals surface area contributed by atoms with Gasteiger partial charge in [0.2, 0.25) is 17.6 Å². The van der Waals surface area contributed by atoms with Gasteiger partial charge in [-0.25, -0.2) is 9.59 Å². The number of methoxy groups -OCH3 is 1. The molecular formula is C32H49N5O8. The number of rotatable bonds is 12. The van der Waals surface area contributed by atoms with Crippen LogP contribution in [0.1, 0.15) is 67.4 Å². The first-order valence-corrected chi connectivity index (χ1v) is 15.0. The molecule has 1 heterocycles. The molecule has 0 aliphatic carbocycles. The Morgan fingerprint density at radius 3 is 1.98 bits per heavy atom. The van der Waals surface area contributed by atoms with E-state index in [0.717, 1.165) is 5.56 Å². The van der Waals surface area contributed by atoms with E-state index in [1.807, 2.05) is 13.8 Å². The van der Waals surface area contributed by atoms with Crippen LogP contribution in [-0.4, -0.2) is 78.7 Å². The predicted molar refractivity (Wildman–Crippen MR) is 167 cm³/mol. The van der Waals surface area contributed by atoms with E-state index in [9.17, 15) is 28.8 Å². The molecule has 0 saturated carbocycles. The summed E-state index contributed by atoms with van der Waals surface area (Å²) in [7, 11) is 1.55. The largest absolute Gasteiger partial charge is 0.497 e. The number of nitrogens with zero attached hydrogens (tertiary/aromatic N) is 1. The number of likely N-dealkylation sites (tertiary alicyclic amines) is 1. The number of carbonyl (C=O) groups is 6. The third-order valence-electron chi connectivity index (χ3n) is 7.86. The quantitative estimate of drug-likeness (QED) is 0.199. The number of hydrogen-bond donors (Lipinski definition) is 4. The molecule has 2 rings (SSSR count). The second-order valence-corrected chi connectivity index (χ2v) is 13.8. The lowest BCUT2D eigenvalue weighted by atomic mass is 9.84. The number of Topliss-reactive ketones (excluding diaryl/α,β-unsaturated/α-hetero) is 1. The Bertz CT molecular complexity index is 1250. The highest BCUT2D eigenvalue weighted by molar-refractivity contribution is 6.36. The highest BCUT2D eigenvalue weighted by atomic mass is 16.5. The van der Waals surface area contributed by atoms with E-state index in [2.05, 4.69) is 16.0 Å². The van der Waals surface area contributed by atoms with Crippen molar-refractivity contribution >= 4 is 35.5 Å². The minimum Gasteiger partial charge on any atom is -0.497 e. The summed E-state index contributed by atoms with van der Waals surface area (Å²) < 4.78 is 10.7. The first-order valence-electron chi connectivity index (χ1n) is 15.0. The Kier molecular flexibility index (Phi) is 12.5. The fourth-order valence-corrected chi connectivity index (χ4v) is 5.16. The molecule has 5 N–H and O–H groups in total. The van der Waals surface area contributed by atoms with Crippen molar-refractivity contribution < 1.29 is 38.2 Å². The van der Waals surface area contributed by atoms with Gasteiger partial charge >= 0.3 is 12.0 Å². The number of esters is 1. The zero-order valence-electron chi connectivity index (χ0n) is 27.8. The number of ketones is 1. The van der Waals surface area contributed by atoms with Crippen LogP contribution in [-0.2, 0) is 35.3 Å². The van der Waals surface area contributed by atoms with Gasteiger partial charge in [-0.1, -0.05) is 67.5 Å². The van der Waals surface area contributed by atoms with E-state index in [1.54, 1.807) is 72.9 Å². The number of benzene rings is 1. The lowest BCUT2D eigenvalue weighted by Crippen LogP contribution is -2.62. The zero-order valence-corrected chi connectivity index (χ0v) is 27.8. The molecule has 1 aromatic carbocycles. The van der Waals surface area contributed by atoms with E-state index in [4.69, 9.17) is 15.2 Å². The maximum Gasteiger partial charge on any atom is 0.329 e. The maximum absolute atomic E-state index is 14.0. The first kappa shape index (κ1) is 37.0. The molecule has 0 spiro atoms. The van der Waals surface area contributed by atoms with Crippen LogP contribution >= 0.6 is 0 Å². The minimum absolute atomic E-state index is 0.0116. The molecule has 1 aromatic rings. The Morgan fingerprint density at radius 1 is 0.933 bits per heavy atom. The third kappa shape index (κ3) is 10.2. The van der Waals surface area contributed by atoms with Gasteiger partial charge in [0.1, 0.15) is 30.5 Å². The van der Waals surface area contributed by atoms with Crippen molar-refractivity contribution in [3.63, 3.8) is 0 Å². The van der Waals surface area contributed by atoms with E-state index in [-0.39, 0.29) is 25.0 Å². The summed E-state index contributed by atoms with van der Waals surface area (Å²) in [5.41, 5.74) is 4.22. The van der Waals surface area contributed by atoms with Gasteiger partial charge in [-0.05, 0) is 46.8 Å². The Morgan fingerprint density at radius 2 is 1.49 bits per heavy atom. The average Bonchev–Trinajstić information content (AvgIpc) is 3.40. The normalized spacial score (nSPS) is 18.0. The topological polar surface area (TPSA) is 186 Å². The van der Waals surface area contributed by atoms with Crippen molar-refractivity contribution in [2.45, 2.75) is 86.5 Å². The Hall–Kier alpha value is -4.16. The molecule has 0 bridgehead atoms. The predicted octanol–water partition coefficient (Wildman–Crippen LogP) is 1.91. The van der Waals surface area contributed by atoms with Crippen molar-refractivity contribution in [1.29, 1.82) is 0 Å². The maximum atomic E-state index is 14.0. The third-order valence-corrected chi connectivity index (χ3v) is 7.86. The molecule has 0 aromatic heterocycles. The van der Waals surface area contributed by atoms with Crippen molar-refractivity contribution in [2.75, 3.05) is 20.2 Å². The average molecular weight is 632 g/mol. The summed E-state index contributed by atoms with van der Waals surface area (Å²) >= 11 is 0. The monoisotopic (exact) mass is 631 g/mol. The van der Waals surface area contributed by atoms with Gasteiger partial charge in [0, 0.05) is 6.54 Å². The molecule has 1 fully saturated rings. The second-order valence-electron chi connectivity index (χ2n) is 13.8. The van der Waals surface area contributed by atoms with Crippen molar-refractivity contribution in [3.8, 4) is 5.75 Å². The number of urea groups is 1. The highest BCUT2D eigenvalue weighted by Crippen LogP contribution is 2.33. The first-order chi connectivity index (χ1) is 20.8. The SMILES string of the molecule is COc1ccc(COC(=O)[C@@H](NC(=O)N[C@H](C(=O)N2CC[C@H](C(C)C)[C@H]2C(=O)NCC(=O)C(N)=O)C(C)(C)C)C(C)(C)C)cc1. The number of nitrogens with two attached hydrogens (primary N) is 1. The van der Waals surface area contributed by atoms with Gasteiger partial charge in [-0.2, -0.15) is 0 Å². The van der Waals surface area contributed by atoms with Crippen LogP contribution in [0.2, 0.25) is 0 Å². The number of primary amides is 1. The molecule has 1 aliphatic rings. The molecule has 4 atom stereocenters. The van der Waals surface area contributed by atoms with Crippen molar-refractivity contribution in [2.24, 2.45) is 28.4 Å². The molecule has 13 nitrogen and oxygen atoms in total. The molecule has 13 heteroatoms. The van der Waals surface area contributed by atoms with Crippen LogP contribution in [0.5, 0.6) is 5.75 Å². The fraction of sp³-hybridized carbons (Fsp3) is 0.625. The van der Waals surface area contributed by atoms with E-state index in [1.165, 1.54) is 4.90 Å². The molecule has 1 aliphatic heterocycles. The number of carbonyl (C=O) groups excluding carboxylic acids is 6. The van der Waals surface area contributed by atoms with E-state index >= 15 is 0 Å². The van der Waals surface area contributed by atoms with Crippen LogP contribution in [0.3, 0.4) is 0 Å². The van der Waals surface area contributed by atoms with Crippen LogP contribution in [0.25, 0.3) is 0 Å². The molecule has 5 amide bonds. The number of hydrogen-bond acceptors (Lipinski definition) is 8. The summed E-state index contributed by atoms with van der Waals surface area (Å²) in [6.07, 6.45) is 0.528. The summed E-state index contributed by atoms with van der Waals surface area (Å²) in [6, 6.07) is 3.22. The van der Waals surface area contributed by atoms with Crippen molar-refractivity contribution in [1.82, 2.24) is 20.9 Å². The van der Waals surface area contributed by atoms with Gasteiger partial charge in [-0.15, -0.1) is 0 Å². The summed E-state index contributed by atoms with van der Waals surface area (Å²) in [4.78, 5) is 78.1. The van der Waals surface area contributed by atoms with E-state index in [0.29, 0.717) is 12.2 Å². The number of ether oxygens (including phenoxy) is 2. The van der Waals surface area contributed by atoms with Crippen molar-refractivity contribution in [3.05, 3.63) is 29.8 Å². The van der Waals surface area contributed by atoms with E-state index < -0.39 is 71.0 Å². The molecular weight excluding hydrogens is 582 g/mol. The standard InChI is InChI=1S/C32H49N5O8/c1-18(2)21-14-15-37(23(21)27(40)34-16-22(38)26(33)39)28(41)24(31(3,4)5)35-30(43)36-25(32(6,7)8)29(42)45-17-19-10-12-20(44-9)13-11-19/h10-13,18,21,23-25H,14-17H2,1-9H3,(H2,33,39)(H,34,40)(H2,35,36,43)/t21-,23+,24-,25-/m1/s1. The zero-order chi connectivity index (χ0) is 34.3. The minimum atomic E-state index is -1.17.